The van der Waals surface area contributed by atoms with E-state index in [0.717, 1.165) is 32.9 Å². The average molecular weight is 863 g/mol. The number of anilines is 3. The van der Waals surface area contributed by atoms with Crippen molar-refractivity contribution in [1.82, 2.24) is 19.9 Å². The van der Waals surface area contributed by atoms with Crippen molar-refractivity contribution in [3.05, 3.63) is 98.5 Å². The summed E-state index contributed by atoms with van der Waals surface area (Å²) in [5, 5.41) is 6.02. The van der Waals surface area contributed by atoms with Gasteiger partial charge < -0.3 is 30.0 Å². The van der Waals surface area contributed by atoms with Crippen LogP contribution in [0.1, 0.15) is 108 Å². The van der Waals surface area contributed by atoms with Gasteiger partial charge in [0.1, 0.15) is 26.8 Å². The molecule has 2 aromatic carbocycles. The van der Waals surface area contributed by atoms with Crippen molar-refractivity contribution in [1.29, 1.82) is 0 Å². The predicted octanol–water partition coefficient (Wildman–Crippen LogP) is 9.93. The Hall–Kier alpha value is -5.71. The largest absolute Gasteiger partial charge is 0.462 e. The Balaban J connectivity index is 0.000000216. The van der Waals surface area contributed by atoms with Gasteiger partial charge in [0.2, 0.25) is 0 Å². The summed E-state index contributed by atoms with van der Waals surface area (Å²) in [6, 6.07) is 11.5. The van der Waals surface area contributed by atoms with Gasteiger partial charge in [-0.05, 0) is 93.5 Å². The Morgan fingerprint density at radius 3 is 1.68 bits per heavy atom. The standard InChI is InChI=1S/C21H23N3O4S.C13H12ClNO2.C8H12N2O2S/c1-6-27-19(25)14-10-22-15-8-7-12(2)9-13(15)16(14)24-18-17(23-11-29-18)20(26)28-21(3,4)5;1-3-17-13(16)10-7-15-11-5-4-8(2)6-9(11)12(10)14;1-8(2,3)12-7(11)5-6(9)13-4-10-5/h7-11H,6H2,1-5H3,(H,22,24);4-7H,3H2,1-2H3;4H,9H2,1-3H3. The van der Waals surface area contributed by atoms with Gasteiger partial charge in [-0.25, -0.2) is 29.1 Å². The van der Waals surface area contributed by atoms with Crippen LogP contribution in [0.5, 0.6) is 0 Å². The van der Waals surface area contributed by atoms with Crippen LogP contribution < -0.4 is 11.1 Å². The zero-order valence-electron chi connectivity index (χ0n) is 34.5. The topological polar surface area (TPSA) is 195 Å². The van der Waals surface area contributed by atoms with Crippen molar-refractivity contribution in [3.8, 4) is 0 Å². The number of pyridine rings is 2. The zero-order valence-corrected chi connectivity index (χ0v) is 36.9. The number of nitrogen functional groups attached to an aromatic ring is 1. The molecule has 3 N–H and O–H groups in total. The Morgan fingerprint density at radius 2 is 1.15 bits per heavy atom. The van der Waals surface area contributed by atoms with E-state index in [1.165, 1.54) is 40.6 Å². The fraction of sp³-hybridized carbons (Fsp3) is 0.333. The molecule has 4 aromatic heterocycles. The molecule has 17 heteroatoms. The van der Waals surface area contributed by atoms with Crippen LogP contribution in [0.4, 0.5) is 15.7 Å². The highest BCUT2D eigenvalue weighted by Crippen LogP contribution is 2.34. The number of aryl methyl sites for hydroxylation is 2. The van der Waals surface area contributed by atoms with Crippen LogP contribution in [0.15, 0.2) is 59.8 Å². The average Bonchev–Trinajstić information content (AvgIpc) is 3.80. The molecule has 0 aliphatic rings. The summed E-state index contributed by atoms with van der Waals surface area (Å²) in [6.45, 7) is 18.8. The molecule has 0 spiro atoms. The Kier molecular flexibility index (Phi) is 15.5. The van der Waals surface area contributed by atoms with E-state index in [4.69, 9.17) is 36.3 Å². The number of hydrogen-bond acceptors (Lipinski definition) is 16. The number of esters is 4. The van der Waals surface area contributed by atoms with E-state index in [0.29, 0.717) is 32.9 Å². The number of nitrogens with one attached hydrogen (secondary N) is 1. The second-order valence-corrected chi connectivity index (χ2v) is 16.9. The van der Waals surface area contributed by atoms with Crippen LogP contribution in [-0.2, 0) is 18.9 Å². The molecule has 0 saturated carbocycles. The van der Waals surface area contributed by atoms with E-state index in [1.54, 1.807) is 60.9 Å². The number of nitrogens with two attached hydrogens (primary N) is 1. The summed E-state index contributed by atoms with van der Waals surface area (Å²) in [6.07, 6.45) is 2.93. The van der Waals surface area contributed by atoms with Crippen LogP contribution in [0.3, 0.4) is 0 Å². The highest BCUT2D eigenvalue weighted by Gasteiger charge is 2.25. The van der Waals surface area contributed by atoms with Crippen molar-refractivity contribution in [3.63, 3.8) is 0 Å². The molecular formula is C42H47ClN6O8S2. The van der Waals surface area contributed by atoms with Gasteiger partial charge in [0.25, 0.3) is 0 Å². The molecule has 6 rings (SSSR count). The van der Waals surface area contributed by atoms with Crippen molar-refractivity contribution in [2.24, 2.45) is 0 Å². The lowest BCUT2D eigenvalue weighted by Gasteiger charge is -2.19. The summed E-state index contributed by atoms with van der Waals surface area (Å²) in [7, 11) is 0. The lowest BCUT2D eigenvalue weighted by Crippen LogP contribution is -2.24. The van der Waals surface area contributed by atoms with E-state index in [2.05, 4.69) is 25.3 Å². The van der Waals surface area contributed by atoms with Crippen LogP contribution in [-0.4, -0.2) is 68.2 Å². The fourth-order valence-corrected chi connectivity index (χ4v) is 6.55. The summed E-state index contributed by atoms with van der Waals surface area (Å²) < 4.78 is 20.6. The van der Waals surface area contributed by atoms with E-state index < -0.39 is 35.1 Å². The number of halogens is 1. The van der Waals surface area contributed by atoms with Gasteiger partial charge in [0, 0.05) is 23.2 Å². The molecule has 0 atom stereocenters. The highest BCUT2D eigenvalue weighted by molar-refractivity contribution is 7.14. The maximum Gasteiger partial charge on any atom is 0.360 e. The molecule has 0 unspecified atom stereocenters. The minimum atomic E-state index is -0.644. The third-order valence-electron chi connectivity index (χ3n) is 7.56. The van der Waals surface area contributed by atoms with Gasteiger partial charge in [-0.1, -0.05) is 34.9 Å². The van der Waals surface area contributed by atoms with Crippen molar-refractivity contribution in [2.75, 3.05) is 24.3 Å². The molecule has 59 heavy (non-hydrogen) atoms. The lowest BCUT2D eigenvalue weighted by molar-refractivity contribution is 0.00525. The molecular weight excluding hydrogens is 816 g/mol. The first kappa shape index (κ1) is 46.0. The molecule has 0 aliphatic heterocycles. The number of carbonyl (C=O) groups excluding carboxylic acids is 4. The zero-order chi connectivity index (χ0) is 43.7. The molecule has 6 aromatic rings. The summed E-state index contributed by atoms with van der Waals surface area (Å²) in [5.41, 5.74) is 12.5. The molecule has 0 fully saturated rings. The molecule has 0 aliphatic carbocycles. The first-order valence-corrected chi connectivity index (χ1v) is 20.5. The van der Waals surface area contributed by atoms with Crippen LogP contribution in [0.2, 0.25) is 5.02 Å². The number of fused-ring (bicyclic) bond motifs is 2. The third kappa shape index (κ3) is 12.6. The molecule has 14 nitrogen and oxygen atoms in total. The summed E-state index contributed by atoms with van der Waals surface area (Å²) in [4.78, 5) is 64.7. The summed E-state index contributed by atoms with van der Waals surface area (Å²) in [5.74, 6) is -1.93. The third-order valence-corrected chi connectivity index (χ3v) is 9.36. The van der Waals surface area contributed by atoms with Crippen molar-refractivity contribution >= 4 is 95.6 Å². The van der Waals surface area contributed by atoms with Crippen LogP contribution in [0, 0.1) is 13.8 Å². The van der Waals surface area contributed by atoms with Crippen LogP contribution in [0.25, 0.3) is 21.8 Å². The first-order valence-electron chi connectivity index (χ1n) is 18.4. The normalized spacial score (nSPS) is 11.1. The molecule has 0 bridgehead atoms. The quantitative estimate of drug-likeness (QED) is 0.108. The monoisotopic (exact) mass is 862 g/mol. The van der Waals surface area contributed by atoms with Gasteiger partial charge in [-0.3, -0.25) is 9.97 Å². The number of carbonyl (C=O) groups is 4. The van der Waals surface area contributed by atoms with Crippen molar-refractivity contribution in [2.45, 2.75) is 80.4 Å². The predicted molar refractivity (Wildman–Crippen MR) is 232 cm³/mol. The summed E-state index contributed by atoms with van der Waals surface area (Å²) >= 11 is 8.68. The SMILES string of the molecule is CC(C)(C)OC(=O)c1ncsc1N.CCOC(=O)c1cnc2ccc(C)cc2c1Cl.CCOC(=O)c1cnc2ccc(C)cc2c1Nc1scnc1C(=O)OC(C)(C)C. The number of nitrogens with zero attached hydrogens (tertiary/aromatic N) is 4. The van der Waals surface area contributed by atoms with Gasteiger partial charge >= 0.3 is 23.9 Å². The minimum Gasteiger partial charge on any atom is -0.462 e. The lowest BCUT2D eigenvalue weighted by atomic mass is 10.1. The second-order valence-electron chi connectivity index (χ2n) is 14.7. The molecule has 4 heterocycles. The highest BCUT2D eigenvalue weighted by atomic mass is 35.5. The number of ether oxygens (including phenoxy) is 4. The number of benzene rings is 2. The van der Waals surface area contributed by atoms with E-state index >= 15 is 0 Å². The second kappa shape index (κ2) is 19.8. The number of thiazole rings is 2. The number of aromatic nitrogens is 4. The van der Waals surface area contributed by atoms with E-state index in [-0.39, 0.29) is 23.6 Å². The molecule has 0 saturated heterocycles. The fourth-order valence-electron chi connectivity index (χ4n) is 5.09. The smallest absolute Gasteiger partial charge is 0.360 e. The Morgan fingerprint density at radius 1 is 0.678 bits per heavy atom. The minimum absolute atomic E-state index is 0.164. The molecule has 0 radical (unpaired) electrons. The maximum atomic E-state index is 12.5. The number of rotatable bonds is 8. The maximum absolute atomic E-state index is 12.5. The van der Waals surface area contributed by atoms with E-state index in [9.17, 15) is 19.2 Å². The van der Waals surface area contributed by atoms with Gasteiger partial charge in [0.05, 0.1) is 51.5 Å². The number of hydrogen-bond donors (Lipinski definition) is 2. The molecule has 312 valence electrons. The van der Waals surface area contributed by atoms with Crippen LogP contribution >= 0.6 is 34.3 Å². The Labute approximate surface area is 355 Å². The van der Waals surface area contributed by atoms with Gasteiger partial charge in [-0.2, -0.15) is 0 Å². The van der Waals surface area contributed by atoms with Crippen molar-refractivity contribution < 1.29 is 38.1 Å². The Bertz CT molecular complexity index is 2470. The van der Waals surface area contributed by atoms with Gasteiger partial charge in [-0.15, -0.1) is 22.7 Å². The van der Waals surface area contributed by atoms with E-state index in [1.807, 2.05) is 50.2 Å². The molecule has 0 amide bonds. The van der Waals surface area contributed by atoms with Gasteiger partial charge in [0.15, 0.2) is 11.4 Å². The first-order chi connectivity index (χ1) is 27.7.